The molecule has 8 nitrogen and oxygen atoms in total. The number of benzene rings is 2. The first-order valence-corrected chi connectivity index (χ1v) is 9.95. The highest BCUT2D eigenvalue weighted by atomic mass is 19.4. The van der Waals surface area contributed by atoms with E-state index in [-0.39, 0.29) is 29.9 Å². The van der Waals surface area contributed by atoms with Crippen LogP contribution in [0.1, 0.15) is 12.5 Å². The molecule has 0 fully saturated rings. The molecular weight excluding hydrogens is 427 g/mol. The molecule has 0 spiro atoms. The fraction of sp³-hybridized carbons (Fsp3) is 0.333. The number of rotatable bonds is 6. The molecule has 4 rings (SSSR count). The molecule has 2 heterocycles. The summed E-state index contributed by atoms with van der Waals surface area (Å²) in [4.78, 5) is 15.4. The Hall–Kier alpha value is -3.63. The van der Waals surface area contributed by atoms with E-state index < -0.39 is 11.7 Å². The van der Waals surface area contributed by atoms with Crippen molar-refractivity contribution in [2.24, 2.45) is 0 Å². The van der Waals surface area contributed by atoms with E-state index in [4.69, 9.17) is 9.47 Å². The molecule has 1 aliphatic rings. The quantitative estimate of drug-likeness (QED) is 0.578. The number of para-hydroxylation sites is 2. The zero-order valence-electron chi connectivity index (χ0n) is 17.1. The van der Waals surface area contributed by atoms with Crippen molar-refractivity contribution in [1.29, 1.82) is 0 Å². The molecule has 3 aromatic rings. The molecule has 1 aliphatic heterocycles. The number of tetrazole rings is 1. The molecule has 1 atom stereocenters. The van der Waals surface area contributed by atoms with Gasteiger partial charge in [0.25, 0.3) is 0 Å². The van der Waals surface area contributed by atoms with Crippen LogP contribution in [0.15, 0.2) is 48.5 Å². The van der Waals surface area contributed by atoms with Crippen LogP contribution in [-0.2, 0) is 17.5 Å². The van der Waals surface area contributed by atoms with Gasteiger partial charge in [-0.05, 0) is 36.4 Å². The average molecular weight is 447 g/mol. The topological polar surface area (TPSA) is 82.4 Å². The van der Waals surface area contributed by atoms with Gasteiger partial charge in [0.05, 0.1) is 12.1 Å². The molecule has 0 N–H and O–H groups in total. The summed E-state index contributed by atoms with van der Waals surface area (Å²) in [7, 11) is 0. The van der Waals surface area contributed by atoms with Crippen molar-refractivity contribution in [2.75, 3.05) is 19.7 Å². The van der Waals surface area contributed by atoms with Gasteiger partial charge in [-0.3, -0.25) is 4.79 Å². The lowest BCUT2D eigenvalue weighted by atomic mass is 10.1. The minimum Gasteiger partial charge on any atom is -0.486 e. The molecule has 0 aliphatic carbocycles. The maximum Gasteiger partial charge on any atom is 0.416 e. The number of carbonyl (C=O) groups excluding carboxylic acids is 1. The van der Waals surface area contributed by atoms with E-state index in [2.05, 4.69) is 15.4 Å². The minimum atomic E-state index is -4.48. The number of aromatic nitrogens is 4. The summed E-state index contributed by atoms with van der Waals surface area (Å²) in [6.45, 7) is 2.67. The molecule has 0 bridgehead atoms. The van der Waals surface area contributed by atoms with E-state index in [0.29, 0.717) is 31.2 Å². The summed E-state index contributed by atoms with van der Waals surface area (Å²) in [6, 6.07) is 11.9. The second-order valence-corrected chi connectivity index (χ2v) is 7.15. The number of halogens is 3. The van der Waals surface area contributed by atoms with E-state index in [0.717, 1.165) is 16.9 Å². The van der Waals surface area contributed by atoms with Gasteiger partial charge in [0.1, 0.15) is 13.2 Å². The van der Waals surface area contributed by atoms with E-state index in [9.17, 15) is 18.0 Å². The van der Waals surface area contributed by atoms with Gasteiger partial charge in [0.2, 0.25) is 11.7 Å². The van der Waals surface area contributed by atoms with Gasteiger partial charge in [-0.2, -0.15) is 18.0 Å². The lowest BCUT2D eigenvalue weighted by molar-refractivity contribution is -0.137. The SMILES string of the molecule is CCN(C[C@@H]1COc2ccccc2O1)C(=O)Cn1nnc(-c2cccc(C(F)(F)F)c2)n1. The van der Waals surface area contributed by atoms with Gasteiger partial charge < -0.3 is 14.4 Å². The molecular formula is C21H20F3N5O3. The van der Waals surface area contributed by atoms with Crippen LogP contribution in [0.2, 0.25) is 0 Å². The zero-order valence-corrected chi connectivity index (χ0v) is 17.1. The van der Waals surface area contributed by atoms with Crippen LogP contribution < -0.4 is 9.47 Å². The number of alkyl halides is 3. The number of likely N-dealkylation sites (N-methyl/N-ethyl adjacent to an activating group) is 1. The number of amides is 1. The number of hydrogen-bond acceptors (Lipinski definition) is 6. The Labute approximate surface area is 181 Å². The monoisotopic (exact) mass is 447 g/mol. The maximum atomic E-state index is 12.9. The smallest absolute Gasteiger partial charge is 0.416 e. The Morgan fingerprint density at radius 2 is 1.97 bits per heavy atom. The van der Waals surface area contributed by atoms with Gasteiger partial charge in [-0.15, -0.1) is 10.2 Å². The summed E-state index contributed by atoms with van der Waals surface area (Å²) in [5.41, 5.74) is -0.645. The van der Waals surface area contributed by atoms with E-state index in [1.807, 2.05) is 25.1 Å². The van der Waals surface area contributed by atoms with Gasteiger partial charge in [-0.1, -0.05) is 24.3 Å². The lowest BCUT2D eigenvalue weighted by Crippen LogP contribution is -2.44. The molecule has 0 saturated heterocycles. The van der Waals surface area contributed by atoms with E-state index >= 15 is 0 Å². The standard InChI is InChI=1S/C21H20F3N5O3/c1-2-28(11-16-13-31-17-8-3-4-9-18(17)32-16)19(30)12-29-26-20(25-27-29)14-6-5-7-15(10-14)21(22,23)24/h3-10,16H,2,11-13H2,1H3/t16-/m1/s1. The van der Waals surface area contributed by atoms with Gasteiger partial charge >= 0.3 is 6.18 Å². The molecule has 0 saturated carbocycles. The molecule has 32 heavy (non-hydrogen) atoms. The predicted molar refractivity (Wildman–Crippen MR) is 107 cm³/mol. The Bertz CT molecular complexity index is 1100. The first kappa shape index (κ1) is 21.6. The zero-order chi connectivity index (χ0) is 22.7. The molecule has 2 aromatic carbocycles. The summed E-state index contributed by atoms with van der Waals surface area (Å²) in [6.07, 6.45) is -4.81. The maximum absolute atomic E-state index is 12.9. The molecule has 1 aromatic heterocycles. The number of hydrogen-bond donors (Lipinski definition) is 0. The average Bonchev–Trinajstić information content (AvgIpc) is 3.25. The number of ether oxygens (including phenoxy) is 2. The summed E-state index contributed by atoms with van der Waals surface area (Å²) in [5.74, 6) is 1.01. The van der Waals surface area contributed by atoms with Crippen molar-refractivity contribution < 1.29 is 27.4 Å². The summed E-state index contributed by atoms with van der Waals surface area (Å²) < 4.78 is 50.4. The van der Waals surface area contributed by atoms with Crippen molar-refractivity contribution in [3.63, 3.8) is 0 Å². The Morgan fingerprint density at radius 3 is 2.72 bits per heavy atom. The normalized spacial score (nSPS) is 15.4. The third-order valence-corrected chi connectivity index (χ3v) is 4.90. The van der Waals surface area contributed by atoms with Crippen LogP contribution in [0.3, 0.4) is 0 Å². The number of fused-ring (bicyclic) bond motifs is 1. The predicted octanol–water partition coefficient (Wildman–Crippen LogP) is 3.05. The fourth-order valence-corrected chi connectivity index (χ4v) is 3.29. The van der Waals surface area contributed by atoms with Crippen molar-refractivity contribution in [3.05, 3.63) is 54.1 Å². The highest BCUT2D eigenvalue weighted by Crippen LogP contribution is 2.32. The highest BCUT2D eigenvalue weighted by Gasteiger charge is 2.31. The number of nitrogens with zero attached hydrogens (tertiary/aromatic N) is 5. The third-order valence-electron chi connectivity index (χ3n) is 4.90. The van der Waals surface area contributed by atoms with Crippen LogP contribution in [-0.4, -0.2) is 56.8 Å². The Kier molecular flexibility index (Phi) is 5.97. The molecule has 1 amide bonds. The lowest BCUT2D eigenvalue weighted by Gasteiger charge is -2.30. The van der Waals surface area contributed by atoms with Gasteiger partial charge in [0.15, 0.2) is 17.6 Å². The fourth-order valence-electron chi connectivity index (χ4n) is 3.29. The third kappa shape index (κ3) is 4.82. The molecule has 0 unspecified atom stereocenters. The Morgan fingerprint density at radius 1 is 1.19 bits per heavy atom. The van der Waals surface area contributed by atoms with Crippen molar-refractivity contribution >= 4 is 5.91 Å². The minimum absolute atomic E-state index is 0.00701. The van der Waals surface area contributed by atoms with Crippen molar-refractivity contribution in [1.82, 2.24) is 25.1 Å². The second kappa shape index (κ2) is 8.85. The van der Waals surface area contributed by atoms with Crippen LogP contribution in [0.5, 0.6) is 11.5 Å². The van der Waals surface area contributed by atoms with E-state index in [1.54, 1.807) is 11.0 Å². The first-order valence-electron chi connectivity index (χ1n) is 9.95. The summed E-state index contributed by atoms with van der Waals surface area (Å²) >= 11 is 0. The highest BCUT2D eigenvalue weighted by molar-refractivity contribution is 5.75. The van der Waals surface area contributed by atoms with Crippen LogP contribution >= 0.6 is 0 Å². The van der Waals surface area contributed by atoms with Crippen LogP contribution in [0.4, 0.5) is 13.2 Å². The summed E-state index contributed by atoms with van der Waals surface area (Å²) in [5, 5.41) is 11.7. The number of carbonyl (C=O) groups is 1. The van der Waals surface area contributed by atoms with Crippen LogP contribution in [0, 0.1) is 0 Å². The second-order valence-electron chi connectivity index (χ2n) is 7.15. The van der Waals surface area contributed by atoms with Crippen LogP contribution in [0.25, 0.3) is 11.4 Å². The molecule has 0 radical (unpaired) electrons. The molecule has 168 valence electrons. The first-order chi connectivity index (χ1) is 15.3. The largest absolute Gasteiger partial charge is 0.486 e. The van der Waals surface area contributed by atoms with Crippen molar-refractivity contribution in [3.8, 4) is 22.9 Å². The van der Waals surface area contributed by atoms with Crippen molar-refractivity contribution in [2.45, 2.75) is 25.7 Å². The van der Waals surface area contributed by atoms with Gasteiger partial charge in [0, 0.05) is 12.1 Å². The molecule has 11 heteroatoms. The Balaban J connectivity index is 1.40. The van der Waals surface area contributed by atoms with Gasteiger partial charge in [-0.25, -0.2) is 0 Å². The van der Waals surface area contributed by atoms with E-state index in [1.165, 1.54) is 12.1 Å².